The second kappa shape index (κ2) is 12.0. The Morgan fingerprint density at radius 3 is 2.13 bits per heavy atom. The van der Waals surface area contributed by atoms with Gasteiger partial charge in [-0.1, -0.05) is 13.8 Å². The van der Waals surface area contributed by atoms with Crippen LogP contribution >= 0.6 is 24.0 Å². The van der Waals surface area contributed by atoms with Gasteiger partial charge in [-0.05, 0) is 31.6 Å². The van der Waals surface area contributed by atoms with Gasteiger partial charge in [0.1, 0.15) is 0 Å². The summed E-state index contributed by atoms with van der Waals surface area (Å²) in [7, 11) is -5.22. The van der Waals surface area contributed by atoms with Crippen LogP contribution in [0.1, 0.15) is 33.6 Å². The maximum absolute atomic E-state index is 12.7. The molecule has 0 aromatic carbocycles. The molecule has 0 amide bonds. The first-order valence-electron chi connectivity index (χ1n) is 10.4. The van der Waals surface area contributed by atoms with Crippen molar-refractivity contribution in [2.75, 3.05) is 58.9 Å². The number of aliphatic imine (C=N–C) groups is 1. The van der Waals surface area contributed by atoms with Gasteiger partial charge in [-0.25, -0.2) is 8.42 Å². The molecule has 2 aliphatic rings. The maximum Gasteiger partial charge on any atom is 0.511 e. The highest BCUT2D eigenvalue weighted by atomic mass is 127. The molecule has 2 aliphatic heterocycles. The Morgan fingerprint density at radius 1 is 1.10 bits per heavy atom. The summed E-state index contributed by atoms with van der Waals surface area (Å²) in [6.07, 6.45) is 0.779. The zero-order chi connectivity index (χ0) is 21.7. The third-order valence-electron chi connectivity index (χ3n) is 5.34. The molecule has 0 spiro atoms. The lowest BCUT2D eigenvalue weighted by atomic mass is 9.98. The van der Waals surface area contributed by atoms with Gasteiger partial charge in [-0.2, -0.15) is 17.5 Å². The number of piperazine rings is 1. The standard InChI is InChI=1S/C18H34F3N5O2S.HI/c1-4-22-17(25-11-9-24(10-12-25)14-15(2)3)23-13-16-5-7-26(8-6-16)29(27,28)18(19,20)21;/h15-16H,4-14H2,1-3H3,(H,22,23);1H. The summed E-state index contributed by atoms with van der Waals surface area (Å²) in [6.45, 7) is 12.3. The van der Waals surface area contributed by atoms with Gasteiger partial charge < -0.3 is 10.2 Å². The lowest BCUT2D eigenvalue weighted by molar-refractivity contribution is -0.0496. The van der Waals surface area contributed by atoms with E-state index in [-0.39, 0.29) is 43.0 Å². The van der Waals surface area contributed by atoms with Crippen LogP contribution in [0.4, 0.5) is 13.2 Å². The third kappa shape index (κ3) is 7.66. The number of rotatable bonds is 6. The first-order valence-corrected chi connectivity index (χ1v) is 11.8. The van der Waals surface area contributed by atoms with Gasteiger partial charge in [0.15, 0.2) is 5.96 Å². The fourth-order valence-electron chi connectivity index (χ4n) is 3.78. The molecule has 0 aromatic heterocycles. The topological polar surface area (TPSA) is 68.2 Å². The minimum Gasteiger partial charge on any atom is -0.357 e. The van der Waals surface area contributed by atoms with Gasteiger partial charge in [-0.3, -0.25) is 9.89 Å². The predicted octanol–water partition coefficient (Wildman–Crippen LogP) is 2.41. The van der Waals surface area contributed by atoms with E-state index in [4.69, 9.17) is 4.99 Å². The number of alkyl halides is 3. The molecule has 7 nitrogen and oxygen atoms in total. The summed E-state index contributed by atoms with van der Waals surface area (Å²) in [6, 6.07) is 0. The van der Waals surface area contributed by atoms with Crippen LogP contribution in [0.3, 0.4) is 0 Å². The van der Waals surface area contributed by atoms with E-state index < -0.39 is 15.5 Å². The fourth-order valence-corrected chi connectivity index (χ4v) is 4.76. The summed E-state index contributed by atoms with van der Waals surface area (Å²) >= 11 is 0. The van der Waals surface area contributed by atoms with Crippen molar-refractivity contribution in [1.82, 2.24) is 19.4 Å². The highest BCUT2D eigenvalue weighted by molar-refractivity contribution is 14.0. The zero-order valence-corrected chi connectivity index (χ0v) is 21.1. The molecule has 2 fully saturated rings. The molecule has 0 unspecified atom stereocenters. The van der Waals surface area contributed by atoms with Crippen LogP contribution in [0.25, 0.3) is 0 Å². The van der Waals surface area contributed by atoms with Crippen molar-refractivity contribution < 1.29 is 21.6 Å². The van der Waals surface area contributed by atoms with E-state index in [0.29, 0.717) is 29.6 Å². The molecule has 2 saturated heterocycles. The Bertz CT molecular complexity index is 645. The number of nitrogens with one attached hydrogen (secondary N) is 1. The summed E-state index contributed by atoms with van der Waals surface area (Å²) in [4.78, 5) is 9.38. The summed E-state index contributed by atoms with van der Waals surface area (Å²) in [5.74, 6) is 1.56. The van der Waals surface area contributed by atoms with Crippen LogP contribution in [0.15, 0.2) is 4.99 Å². The summed E-state index contributed by atoms with van der Waals surface area (Å²) in [5, 5.41) is 3.30. The van der Waals surface area contributed by atoms with Gasteiger partial charge in [0.25, 0.3) is 0 Å². The van der Waals surface area contributed by atoms with Gasteiger partial charge in [0.2, 0.25) is 0 Å². The zero-order valence-electron chi connectivity index (χ0n) is 18.0. The van der Waals surface area contributed by atoms with Gasteiger partial charge in [0.05, 0.1) is 0 Å². The van der Waals surface area contributed by atoms with E-state index >= 15 is 0 Å². The quantitative estimate of drug-likeness (QED) is 0.303. The minimum atomic E-state index is -5.23. The molecule has 0 atom stereocenters. The first kappa shape index (κ1) is 27.7. The Hall–Kier alpha value is -0.340. The molecule has 30 heavy (non-hydrogen) atoms. The monoisotopic (exact) mass is 569 g/mol. The lowest BCUT2D eigenvalue weighted by Crippen LogP contribution is -2.53. The van der Waals surface area contributed by atoms with Crippen LogP contribution < -0.4 is 5.32 Å². The molecule has 2 rings (SSSR count). The number of nitrogens with zero attached hydrogens (tertiary/aromatic N) is 4. The van der Waals surface area contributed by atoms with Crippen LogP contribution in [0, 0.1) is 11.8 Å². The number of guanidine groups is 1. The van der Waals surface area contributed by atoms with Crippen LogP contribution in [-0.4, -0.2) is 92.9 Å². The van der Waals surface area contributed by atoms with Gasteiger partial charge in [-0.15, -0.1) is 24.0 Å². The summed E-state index contributed by atoms with van der Waals surface area (Å²) < 4.78 is 61.6. The predicted molar refractivity (Wildman–Crippen MR) is 124 cm³/mol. The number of hydrogen-bond donors (Lipinski definition) is 1. The van der Waals surface area contributed by atoms with Crippen molar-refractivity contribution >= 4 is 40.0 Å². The van der Waals surface area contributed by atoms with Crippen LogP contribution in [0.2, 0.25) is 0 Å². The number of halogens is 4. The largest absolute Gasteiger partial charge is 0.511 e. The van der Waals surface area contributed by atoms with Crippen molar-refractivity contribution in [2.45, 2.75) is 39.1 Å². The third-order valence-corrected chi connectivity index (χ3v) is 6.97. The number of piperidine rings is 1. The Labute approximate surface area is 195 Å². The summed E-state index contributed by atoms with van der Waals surface area (Å²) in [5.41, 5.74) is -5.23. The van der Waals surface area contributed by atoms with Gasteiger partial charge >= 0.3 is 15.5 Å². The van der Waals surface area contributed by atoms with E-state index in [9.17, 15) is 21.6 Å². The van der Waals surface area contributed by atoms with Gasteiger partial charge in [0, 0.05) is 58.9 Å². The first-order chi connectivity index (χ1) is 13.5. The lowest BCUT2D eigenvalue weighted by Gasteiger charge is -2.37. The molecular weight excluding hydrogens is 534 g/mol. The molecule has 178 valence electrons. The minimum absolute atomic E-state index is 0. The van der Waals surface area contributed by atoms with E-state index in [0.717, 1.165) is 45.2 Å². The molecule has 12 heteroatoms. The second-order valence-electron chi connectivity index (χ2n) is 8.17. The molecule has 0 bridgehead atoms. The number of hydrogen-bond acceptors (Lipinski definition) is 4. The SMILES string of the molecule is CCNC(=NCC1CCN(S(=O)(=O)C(F)(F)F)CC1)N1CCN(CC(C)C)CC1.I. The van der Waals surface area contributed by atoms with Crippen molar-refractivity contribution in [1.29, 1.82) is 0 Å². The van der Waals surface area contributed by atoms with Crippen molar-refractivity contribution in [3.05, 3.63) is 0 Å². The van der Waals surface area contributed by atoms with Crippen LogP contribution in [0.5, 0.6) is 0 Å². The number of sulfonamides is 1. The van der Waals surface area contributed by atoms with Crippen LogP contribution in [-0.2, 0) is 10.0 Å². The van der Waals surface area contributed by atoms with Crippen molar-refractivity contribution in [2.24, 2.45) is 16.8 Å². The Balaban J connectivity index is 0.00000450. The molecule has 0 aliphatic carbocycles. The average Bonchev–Trinajstić information content (AvgIpc) is 2.65. The van der Waals surface area contributed by atoms with Crippen molar-refractivity contribution in [3.8, 4) is 0 Å². The molecule has 2 heterocycles. The Morgan fingerprint density at radius 2 is 1.67 bits per heavy atom. The normalized spacial score (nSPS) is 21.0. The average molecular weight is 569 g/mol. The maximum atomic E-state index is 12.7. The van der Waals surface area contributed by atoms with Crippen molar-refractivity contribution in [3.63, 3.8) is 0 Å². The molecule has 0 radical (unpaired) electrons. The second-order valence-corrected chi connectivity index (χ2v) is 10.1. The van der Waals surface area contributed by atoms with E-state index in [1.54, 1.807) is 0 Å². The highest BCUT2D eigenvalue weighted by Crippen LogP contribution is 2.30. The fraction of sp³-hybridized carbons (Fsp3) is 0.944. The molecule has 1 N–H and O–H groups in total. The smallest absolute Gasteiger partial charge is 0.357 e. The van der Waals surface area contributed by atoms with E-state index in [2.05, 4.69) is 29.0 Å². The Kier molecular flexibility index (Phi) is 11.1. The molecular formula is C18H35F3IN5O2S. The van der Waals surface area contributed by atoms with E-state index in [1.807, 2.05) is 6.92 Å². The molecule has 0 aromatic rings. The highest BCUT2D eigenvalue weighted by Gasteiger charge is 2.50. The van der Waals surface area contributed by atoms with E-state index in [1.165, 1.54) is 0 Å². The molecule has 0 saturated carbocycles.